The third-order valence-corrected chi connectivity index (χ3v) is 3.38. The average Bonchev–Trinajstić information content (AvgIpc) is 2.96. The van der Waals surface area contributed by atoms with Gasteiger partial charge >= 0.3 is 0 Å². The van der Waals surface area contributed by atoms with Crippen molar-refractivity contribution in [2.24, 2.45) is 0 Å². The van der Waals surface area contributed by atoms with Crippen LogP contribution in [0.3, 0.4) is 0 Å². The van der Waals surface area contributed by atoms with Crippen LogP contribution in [-0.2, 0) is 12.8 Å². The van der Waals surface area contributed by atoms with E-state index in [-0.39, 0.29) is 0 Å². The molecule has 0 amide bonds. The van der Waals surface area contributed by atoms with Gasteiger partial charge in [0, 0.05) is 18.2 Å². The number of pyridine rings is 1. The van der Waals surface area contributed by atoms with Crippen LogP contribution in [0.2, 0.25) is 0 Å². The first-order valence-corrected chi connectivity index (χ1v) is 7.01. The van der Waals surface area contributed by atoms with Gasteiger partial charge in [0.25, 0.3) is 0 Å². The Labute approximate surface area is 122 Å². The lowest BCUT2D eigenvalue weighted by Gasteiger charge is -2.07. The van der Waals surface area contributed by atoms with Crippen molar-refractivity contribution >= 4 is 10.9 Å². The molecule has 0 fully saturated rings. The monoisotopic (exact) mass is 277 g/mol. The van der Waals surface area contributed by atoms with Gasteiger partial charge in [-0.3, -0.25) is 0 Å². The highest BCUT2D eigenvalue weighted by molar-refractivity contribution is 5.81. The quantitative estimate of drug-likeness (QED) is 0.738. The Morgan fingerprint density at radius 2 is 1.95 bits per heavy atom. The third kappa shape index (κ3) is 2.25. The molecule has 2 aromatic heterocycles. The molecule has 104 valence electrons. The van der Waals surface area contributed by atoms with Crippen LogP contribution in [0.5, 0.6) is 0 Å². The molecule has 1 aromatic carbocycles. The molecule has 0 unspecified atom stereocenters. The normalized spacial score (nSPS) is 10.7. The number of nitrogens with zero attached hydrogens (tertiary/aromatic N) is 5. The topological polar surface area (TPSA) is 67.4 Å². The highest BCUT2D eigenvalue weighted by Gasteiger charge is 2.15. The molecule has 0 N–H and O–H groups in total. The van der Waals surface area contributed by atoms with E-state index in [1.54, 1.807) is 4.68 Å². The Hall–Kier alpha value is -2.74. The first kappa shape index (κ1) is 13.3. The second-order valence-electron chi connectivity index (χ2n) is 4.73. The number of rotatable bonds is 3. The standard InChI is InChI=1S/C16H15N5/c1-3-14-19-15(4-2)21(20-14)16-12(10-17)9-11-7-5-6-8-13(11)18-16/h5-9H,3-4H2,1-2H3. The van der Waals surface area contributed by atoms with E-state index in [2.05, 4.69) is 21.1 Å². The lowest BCUT2D eigenvalue weighted by Crippen LogP contribution is -2.07. The van der Waals surface area contributed by atoms with E-state index in [9.17, 15) is 5.26 Å². The third-order valence-electron chi connectivity index (χ3n) is 3.38. The molecule has 0 saturated heterocycles. The van der Waals surface area contributed by atoms with E-state index < -0.39 is 0 Å². The zero-order chi connectivity index (χ0) is 14.8. The Bertz CT molecular complexity index is 841. The minimum Gasteiger partial charge on any atom is -0.227 e. The molecular weight excluding hydrogens is 262 g/mol. The molecule has 0 aliphatic heterocycles. The van der Waals surface area contributed by atoms with Crippen molar-refractivity contribution in [1.29, 1.82) is 5.26 Å². The van der Waals surface area contributed by atoms with Crippen LogP contribution in [0.4, 0.5) is 0 Å². The number of fused-ring (bicyclic) bond motifs is 1. The maximum atomic E-state index is 9.42. The molecule has 0 bridgehead atoms. The largest absolute Gasteiger partial charge is 0.227 e. The Kier molecular flexibility index (Phi) is 3.36. The summed E-state index contributed by atoms with van der Waals surface area (Å²) in [5.41, 5.74) is 1.36. The predicted octanol–water partition coefficient (Wildman–Crippen LogP) is 2.81. The molecule has 0 saturated carbocycles. The number of nitriles is 1. The minimum absolute atomic E-state index is 0.510. The van der Waals surface area contributed by atoms with Gasteiger partial charge in [0.15, 0.2) is 11.6 Å². The zero-order valence-corrected chi connectivity index (χ0v) is 12.0. The summed E-state index contributed by atoms with van der Waals surface area (Å²) < 4.78 is 1.70. The van der Waals surface area contributed by atoms with E-state index in [1.807, 2.05) is 44.2 Å². The van der Waals surface area contributed by atoms with Crippen LogP contribution in [0.25, 0.3) is 16.7 Å². The lowest BCUT2D eigenvalue weighted by atomic mass is 10.1. The fourth-order valence-electron chi connectivity index (χ4n) is 2.29. The van der Waals surface area contributed by atoms with Crippen molar-refractivity contribution in [2.75, 3.05) is 0 Å². The van der Waals surface area contributed by atoms with Crippen LogP contribution in [0.15, 0.2) is 30.3 Å². The summed E-state index contributed by atoms with van der Waals surface area (Å²) in [6, 6.07) is 11.8. The van der Waals surface area contributed by atoms with Crippen molar-refractivity contribution in [2.45, 2.75) is 26.7 Å². The van der Waals surface area contributed by atoms with Crippen molar-refractivity contribution in [3.63, 3.8) is 0 Å². The van der Waals surface area contributed by atoms with Crippen LogP contribution in [-0.4, -0.2) is 19.7 Å². The van der Waals surface area contributed by atoms with Crippen LogP contribution >= 0.6 is 0 Å². The fourth-order valence-corrected chi connectivity index (χ4v) is 2.29. The van der Waals surface area contributed by atoms with Gasteiger partial charge in [-0.1, -0.05) is 32.0 Å². The van der Waals surface area contributed by atoms with Crippen LogP contribution < -0.4 is 0 Å². The molecule has 3 rings (SSSR count). The van der Waals surface area contributed by atoms with E-state index >= 15 is 0 Å². The molecular formula is C16H15N5. The number of aromatic nitrogens is 4. The van der Waals surface area contributed by atoms with E-state index in [4.69, 9.17) is 0 Å². The zero-order valence-electron chi connectivity index (χ0n) is 12.0. The molecule has 2 heterocycles. The number of hydrogen-bond donors (Lipinski definition) is 0. The molecule has 0 spiro atoms. The van der Waals surface area contributed by atoms with Gasteiger partial charge in [0.05, 0.1) is 11.1 Å². The molecule has 0 aliphatic carbocycles. The van der Waals surface area contributed by atoms with Crippen LogP contribution in [0, 0.1) is 11.3 Å². The first-order valence-electron chi connectivity index (χ1n) is 7.01. The smallest absolute Gasteiger partial charge is 0.174 e. The number of para-hydroxylation sites is 1. The Balaban J connectivity index is 2.28. The number of aryl methyl sites for hydroxylation is 2. The summed E-state index contributed by atoms with van der Waals surface area (Å²) in [4.78, 5) is 9.09. The summed E-state index contributed by atoms with van der Waals surface area (Å²) in [5, 5.41) is 14.8. The van der Waals surface area contributed by atoms with Gasteiger partial charge in [-0.25, -0.2) is 9.97 Å². The molecule has 0 radical (unpaired) electrons. The van der Waals surface area contributed by atoms with Gasteiger partial charge < -0.3 is 0 Å². The molecule has 5 nitrogen and oxygen atoms in total. The summed E-state index contributed by atoms with van der Waals surface area (Å²) in [6.07, 6.45) is 1.50. The summed E-state index contributed by atoms with van der Waals surface area (Å²) in [7, 11) is 0. The molecule has 21 heavy (non-hydrogen) atoms. The Morgan fingerprint density at radius 1 is 1.14 bits per heavy atom. The molecule has 3 aromatic rings. The van der Waals surface area contributed by atoms with Crippen LogP contribution in [0.1, 0.15) is 31.1 Å². The molecule has 0 aliphatic rings. The first-order chi connectivity index (χ1) is 10.3. The molecule has 0 atom stereocenters. The SMILES string of the molecule is CCc1nc(CC)n(-c2nc3ccccc3cc2C#N)n1. The van der Waals surface area contributed by atoms with Gasteiger partial charge in [0.2, 0.25) is 0 Å². The fraction of sp³-hybridized carbons (Fsp3) is 0.250. The van der Waals surface area contributed by atoms with Crippen molar-refractivity contribution in [3.05, 3.63) is 47.5 Å². The summed E-state index contributed by atoms with van der Waals surface area (Å²) in [6.45, 7) is 4.03. The average molecular weight is 277 g/mol. The van der Waals surface area contributed by atoms with Crippen molar-refractivity contribution < 1.29 is 0 Å². The predicted molar refractivity (Wildman–Crippen MR) is 80.1 cm³/mol. The van der Waals surface area contributed by atoms with Gasteiger partial charge in [-0.15, -0.1) is 5.10 Å². The Morgan fingerprint density at radius 3 is 2.67 bits per heavy atom. The van der Waals surface area contributed by atoms with E-state index in [0.717, 1.165) is 35.4 Å². The second kappa shape index (κ2) is 5.33. The van der Waals surface area contributed by atoms with E-state index in [0.29, 0.717) is 11.4 Å². The van der Waals surface area contributed by atoms with E-state index in [1.165, 1.54) is 0 Å². The summed E-state index contributed by atoms with van der Waals surface area (Å²) >= 11 is 0. The van der Waals surface area contributed by atoms with Gasteiger partial charge in [-0.2, -0.15) is 9.94 Å². The second-order valence-corrected chi connectivity index (χ2v) is 4.73. The summed E-state index contributed by atoms with van der Waals surface area (Å²) in [5.74, 6) is 2.15. The molecule has 5 heteroatoms. The highest BCUT2D eigenvalue weighted by Crippen LogP contribution is 2.20. The van der Waals surface area contributed by atoms with Gasteiger partial charge in [-0.05, 0) is 12.1 Å². The highest BCUT2D eigenvalue weighted by atomic mass is 15.4. The van der Waals surface area contributed by atoms with Crippen molar-refractivity contribution in [3.8, 4) is 11.9 Å². The van der Waals surface area contributed by atoms with Gasteiger partial charge in [0.1, 0.15) is 11.9 Å². The van der Waals surface area contributed by atoms with Crippen molar-refractivity contribution in [1.82, 2.24) is 19.7 Å². The number of benzene rings is 1. The minimum atomic E-state index is 0.510. The maximum Gasteiger partial charge on any atom is 0.174 e. The maximum absolute atomic E-state index is 9.42. The lowest BCUT2D eigenvalue weighted by molar-refractivity contribution is 0.770. The number of hydrogen-bond acceptors (Lipinski definition) is 4.